The molecule has 0 saturated heterocycles. The lowest BCUT2D eigenvalue weighted by molar-refractivity contribution is -0.116. The number of para-hydroxylation sites is 1. The lowest BCUT2D eigenvalue weighted by Crippen LogP contribution is -2.28. The fourth-order valence-corrected chi connectivity index (χ4v) is 3.57. The molecule has 3 aromatic carbocycles. The largest absolute Gasteiger partial charge is 0.454 e. The summed E-state index contributed by atoms with van der Waals surface area (Å²) < 4.78 is 12.1. The van der Waals surface area contributed by atoms with Crippen LogP contribution in [-0.2, 0) is 11.3 Å². The maximum absolute atomic E-state index is 13.0. The Balaban J connectivity index is 1.53. The average Bonchev–Trinajstić information content (AvgIpc) is 3.19. The van der Waals surface area contributed by atoms with E-state index in [1.54, 1.807) is 24.3 Å². The van der Waals surface area contributed by atoms with Gasteiger partial charge in [0.05, 0.1) is 5.52 Å². The van der Waals surface area contributed by atoms with Crippen LogP contribution in [0.5, 0.6) is 11.5 Å². The van der Waals surface area contributed by atoms with Crippen molar-refractivity contribution in [3.05, 3.63) is 77.1 Å². The van der Waals surface area contributed by atoms with Crippen molar-refractivity contribution in [1.29, 1.82) is 0 Å². The van der Waals surface area contributed by atoms with Gasteiger partial charge in [-0.25, -0.2) is 0 Å². The lowest BCUT2D eigenvalue weighted by Gasteiger charge is -2.13. The second-order valence-corrected chi connectivity index (χ2v) is 6.57. The second kappa shape index (κ2) is 6.42. The van der Waals surface area contributed by atoms with Crippen LogP contribution in [0.4, 0.5) is 5.69 Å². The van der Waals surface area contributed by atoms with Crippen molar-refractivity contribution in [1.82, 2.24) is 4.57 Å². The third-order valence-corrected chi connectivity index (χ3v) is 4.85. The van der Waals surface area contributed by atoms with Crippen LogP contribution in [-0.4, -0.2) is 17.3 Å². The number of amides is 1. The number of nitrogens with zero attached hydrogens (tertiary/aromatic N) is 1. The van der Waals surface area contributed by atoms with Crippen LogP contribution in [0, 0.1) is 0 Å². The zero-order valence-electron chi connectivity index (χ0n) is 14.8. The van der Waals surface area contributed by atoms with E-state index in [0.29, 0.717) is 22.6 Å². The Morgan fingerprint density at radius 1 is 0.893 bits per heavy atom. The van der Waals surface area contributed by atoms with Gasteiger partial charge in [-0.3, -0.25) is 14.2 Å². The number of nitrogens with one attached hydrogen (secondary N) is 1. The molecule has 0 radical (unpaired) electrons. The van der Waals surface area contributed by atoms with Crippen LogP contribution in [0.3, 0.4) is 0 Å². The highest BCUT2D eigenvalue weighted by Gasteiger charge is 2.16. The summed E-state index contributed by atoms with van der Waals surface area (Å²) in [7, 11) is 0. The van der Waals surface area contributed by atoms with Gasteiger partial charge in [-0.15, -0.1) is 0 Å². The predicted octanol–water partition coefficient (Wildman–Crippen LogP) is 3.52. The lowest BCUT2D eigenvalue weighted by atomic mass is 10.1. The molecule has 0 fully saturated rings. The molecule has 1 aliphatic heterocycles. The minimum Gasteiger partial charge on any atom is -0.454 e. The number of hydrogen-bond donors (Lipinski definition) is 1. The first-order valence-corrected chi connectivity index (χ1v) is 8.90. The average molecular weight is 372 g/mol. The number of anilines is 1. The Bertz CT molecular complexity index is 1290. The Kier molecular flexibility index (Phi) is 3.76. The molecule has 6 nitrogen and oxygen atoms in total. The van der Waals surface area contributed by atoms with Crippen molar-refractivity contribution in [2.24, 2.45) is 0 Å². The number of ether oxygens (including phenoxy) is 2. The Labute approximate surface area is 159 Å². The van der Waals surface area contributed by atoms with E-state index in [9.17, 15) is 9.59 Å². The highest BCUT2D eigenvalue weighted by molar-refractivity contribution is 6.06. The molecule has 1 amide bonds. The number of pyridine rings is 1. The third kappa shape index (κ3) is 2.66. The van der Waals surface area contributed by atoms with Gasteiger partial charge in [-0.05, 0) is 29.7 Å². The number of benzene rings is 3. The maximum atomic E-state index is 13.0. The summed E-state index contributed by atoms with van der Waals surface area (Å²) in [4.78, 5) is 25.7. The third-order valence-electron chi connectivity index (χ3n) is 4.85. The van der Waals surface area contributed by atoms with Crippen molar-refractivity contribution < 1.29 is 14.3 Å². The first kappa shape index (κ1) is 16.4. The quantitative estimate of drug-likeness (QED) is 0.559. The van der Waals surface area contributed by atoms with Gasteiger partial charge >= 0.3 is 0 Å². The molecular formula is C22H16N2O4. The van der Waals surface area contributed by atoms with E-state index in [0.717, 1.165) is 16.3 Å². The molecular weight excluding hydrogens is 356 g/mol. The summed E-state index contributed by atoms with van der Waals surface area (Å²) in [6, 6.07) is 20.3. The molecule has 0 spiro atoms. The summed E-state index contributed by atoms with van der Waals surface area (Å²) in [5, 5.41) is 5.24. The molecule has 0 unspecified atom stereocenters. The van der Waals surface area contributed by atoms with E-state index >= 15 is 0 Å². The minimum absolute atomic E-state index is 0.0847. The fourth-order valence-electron chi connectivity index (χ4n) is 3.57. The van der Waals surface area contributed by atoms with E-state index in [4.69, 9.17) is 9.47 Å². The molecule has 138 valence electrons. The van der Waals surface area contributed by atoms with Gasteiger partial charge in [0.2, 0.25) is 12.7 Å². The summed E-state index contributed by atoms with van der Waals surface area (Å²) in [6.45, 7) is 0.0871. The van der Waals surface area contributed by atoms with Crippen molar-refractivity contribution >= 4 is 33.3 Å². The number of rotatable bonds is 3. The molecule has 4 aromatic rings. The van der Waals surface area contributed by atoms with E-state index < -0.39 is 0 Å². The van der Waals surface area contributed by atoms with Crippen LogP contribution in [0.2, 0.25) is 0 Å². The topological polar surface area (TPSA) is 69.6 Å². The number of carbonyl (C=O) groups is 1. The molecule has 1 aliphatic rings. The van der Waals surface area contributed by atoms with Gasteiger partial charge in [0.15, 0.2) is 11.5 Å². The van der Waals surface area contributed by atoms with Gasteiger partial charge in [-0.2, -0.15) is 0 Å². The Hall–Kier alpha value is -3.80. The van der Waals surface area contributed by atoms with Crippen molar-refractivity contribution in [3.8, 4) is 11.5 Å². The smallest absolute Gasteiger partial charge is 0.259 e. The van der Waals surface area contributed by atoms with E-state index in [1.807, 2.05) is 42.5 Å². The van der Waals surface area contributed by atoms with Crippen LogP contribution in [0.15, 0.2) is 71.5 Å². The van der Waals surface area contributed by atoms with Crippen molar-refractivity contribution in [2.75, 3.05) is 12.1 Å². The number of aromatic nitrogens is 1. The summed E-state index contributed by atoms with van der Waals surface area (Å²) in [6.07, 6.45) is 0. The SMILES string of the molecule is O=C(Cn1c(=O)c2ccccc2c2ccccc21)Nc1ccc2c(c1)OCO2. The van der Waals surface area contributed by atoms with E-state index in [1.165, 1.54) is 4.57 Å². The molecule has 1 aromatic heterocycles. The predicted molar refractivity (Wildman–Crippen MR) is 107 cm³/mol. The van der Waals surface area contributed by atoms with Crippen LogP contribution < -0.4 is 20.3 Å². The molecule has 2 heterocycles. The number of carbonyl (C=O) groups excluding carboxylic acids is 1. The number of fused-ring (bicyclic) bond motifs is 4. The summed E-state index contributed by atoms with van der Waals surface area (Å²) >= 11 is 0. The molecule has 0 saturated carbocycles. The van der Waals surface area contributed by atoms with Gasteiger partial charge in [0, 0.05) is 22.5 Å². The van der Waals surface area contributed by atoms with E-state index in [-0.39, 0.29) is 24.8 Å². The van der Waals surface area contributed by atoms with Gasteiger partial charge in [0.1, 0.15) is 6.54 Å². The van der Waals surface area contributed by atoms with Crippen LogP contribution in [0.25, 0.3) is 21.7 Å². The van der Waals surface area contributed by atoms with Crippen LogP contribution in [0.1, 0.15) is 0 Å². The van der Waals surface area contributed by atoms with Gasteiger partial charge in [0.25, 0.3) is 5.56 Å². The normalized spacial score (nSPS) is 12.4. The molecule has 0 aliphatic carbocycles. The molecule has 6 heteroatoms. The van der Waals surface area contributed by atoms with Crippen LogP contribution >= 0.6 is 0 Å². The highest BCUT2D eigenvalue weighted by atomic mass is 16.7. The zero-order chi connectivity index (χ0) is 19.1. The molecule has 5 rings (SSSR count). The zero-order valence-corrected chi connectivity index (χ0v) is 14.8. The monoisotopic (exact) mass is 372 g/mol. The second-order valence-electron chi connectivity index (χ2n) is 6.57. The van der Waals surface area contributed by atoms with Crippen molar-refractivity contribution in [2.45, 2.75) is 6.54 Å². The minimum atomic E-state index is -0.290. The fraction of sp³-hybridized carbons (Fsp3) is 0.0909. The molecule has 1 N–H and O–H groups in total. The summed E-state index contributed by atoms with van der Waals surface area (Å²) in [5.41, 5.74) is 1.13. The molecule has 0 bridgehead atoms. The molecule has 0 atom stereocenters. The molecule has 28 heavy (non-hydrogen) atoms. The van der Waals surface area contributed by atoms with Gasteiger partial charge < -0.3 is 14.8 Å². The summed E-state index contributed by atoms with van der Waals surface area (Å²) in [5.74, 6) is 0.947. The Morgan fingerprint density at radius 2 is 1.61 bits per heavy atom. The Morgan fingerprint density at radius 3 is 2.46 bits per heavy atom. The van der Waals surface area contributed by atoms with Crippen molar-refractivity contribution in [3.63, 3.8) is 0 Å². The number of hydrogen-bond acceptors (Lipinski definition) is 4. The highest BCUT2D eigenvalue weighted by Crippen LogP contribution is 2.34. The first-order chi connectivity index (χ1) is 13.7. The standard InChI is InChI=1S/C22H16N2O4/c25-21(23-14-9-10-19-20(11-14)28-13-27-19)12-24-18-8-4-3-6-16(18)15-5-1-2-7-17(15)22(24)26/h1-11H,12-13H2,(H,23,25). The van der Waals surface area contributed by atoms with E-state index in [2.05, 4.69) is 5.32 Å². The first-order valence-electron chi connectivity index (χ1n) is 8.90. The maximum Gasteiger partial charge on any atom is 0.259 e. The van der Waals surface area contributed by atoms with Gasteiger partial charge in [-0.1, -0.05) is 36.4 Å².